The van der Waals surface area contributed by atoms with Crippen LogP contribution in [0.3, 0.4) is 0 Å². The summed E-state index contributed by atoms with van der Waals surface area (Å²) < 4.78 is 0. The minimum absolute atomic E-state index is 0.491. The average Bonchev–Trinajstić information content (AvgIpc) is 1.64. The highest BCUT2D eigenvalue weighted by Crippen LogP contribution is 1.99. The van der Waals surface area contributed by atoms with E-state index in [0.29, 0.717) is 5.29 Å². The first-order valence-electron chi connectivity index (χ1n) is 2.44. The summed E-state index contributed by atoms with van der Waals surface area (Å²) in [5.41, 5.74) is 0.980. The standard InChI is InChI=1S/C5H7ClN2/c1-4-2-3-7-5(6)8-4/h2H,3H2,1H3,(H,7,8). The van der Waals surface area contributed by atoms with Gasteiger partial charge in [0, 0.05) is 12.2 Å². The lowest BCUT2D eigenvalue weighted by atomic mass is 10.4. The SMILES string of the molecule is CC1=CCNC(Cl)=N1. The van der Waals surface area contributed by atoms with Crippen LogP contribution in [0, 0.1) is 0 Å². The van der Waals surface area contributed by atoms with Crippen LogP contribution in [0.1, 0.15) is 6.92 Å². The van der Waals surface area contributed by atoms with Gasteiger partial charge in [0.25, 0.3) is 0 Å². The smallest absolute Gasteiger partial charge is 0.196 e. The van der Waals surface area contributed by atoms with E-state index in [-0.39, 0.29) is 0 Å². The zero-order chi connectivity index (χ0) is 5.98. The van der Waals surface area contributed by atoms with E-state index >= 15 is 0 Å². The molecule has 1 rings (SSSR count). The van der Waals surface area contributed by atoms with Crippen LogP contribution in [0.2, 0.25) is 0 Å². The number of nitrogens with one attached hydrogen (secondary N) is 1. The molecule has 0 fully saturated rings. The molecule has 0 aliphatic carbocycles. The summed E-state index contributed by atoms with van der Waals surface area (Å²) in [4.78, 5) is 3.91. The van der Waals surface area contributed by atoms with Crippen molar-refractivity contribution in [3.05, 3.63) is 11.8 Å². The maximum Gasteiger partial charge on any atom is 0.196 e. The molecule has 1 aliphatic rings. The average molecular weight is 131 g/mol. The lowest BCUT2D eigenvalue weighted by Gasteiger charge is -2.05. The van der Waals surface area contributed by atoms with E-state index in [9.17, 15) is 0 Å². The van der Waals surface area contributed by atoms with Gasteiger partial charge in [0.1, 0.15) is 0 Å². The van der Waals surface area contributed by atoms with Crippen LogP contribution in [0.4, 0.5) is 0 Å². The van der Waals surface area contributed by atoms with Crippen LogP contribution < -0.4 is 5.32 Å². The second kappa shape index (κ2) is 2.18. The number of hydrogen-bond acceptors (Lipinski definition) is 2. The van der Waals surface area contributed by atoms with Crippen molar-refractivity contribution in [3.8, 4) is 0 Å². The monoisotopic (exact) mass is 130 g/mol. The number of aliphatic imine (C=N–C) groups is 1. The molecular weight excluding hydrogens is 124 g/mol. The summed E-state index contributed by atoms with van der Waals surface area (Å²) in [5.74, 6) is 0. The van der Waals surface area contributed by atoms with Gasteiger partial charge < -0.3 is 5.32 Å². The molecular formula is C5H7ClN2. The minimum Gasteiger partial charge on any atom is -0.357 e. The van der Waals surface area contributed by atoms with Crippen molar-refractivity contribution in [2.45, 2.75) is 6.92 Å². The Morgan fingerprint density at radius 1 is 1.88 bits per heavy atom. The van der Waals surface area contributed by atoms with E-state index in [4.69, 9.17) is 11.6 Å². The van der Waals surface area contributed by atoms with Crippen molar-refractivity contribution >= 4 is 16.9 Å². The zero-order valence-corrected chi connectivity index (χ0v) is 5.37. The van der Waals surface area contributed by atoms with Crippen molar-refractivity contribution in [2.24, 2.45) is 4.99 Å². The van der Waals surface area contributed by atoms with Crippen LogP contribution in [-0.2, 0) is 0 Å². The quantitative estimate of drug-likeness (QED) is 0.488. The van der Waals surface area contributed by atoms with Gasteiger partial charge in [-0.25, -0.2) is 4.99 Å². The van der Waals surface area contributed by atoms with E-state index in [1.165, 1.54) is 0 Å². The molecule has 0 atom stereocenters. The lowest BCUT2D eigenvalue weighted by Crippen LogP contribution is -2.21. The third-order valence-corrected chi connectivity index (χ3v) is 1.14. The molecule has 0 aromatic rings. The van der Waals surface area contributed by atoms with E-state index in [2.05, 4.69) is 10.3 Å². The van der Waals surface area contributed by atoms with Crippen molar-refractivity contribution in [3.63, 3.8) is 0 Å². The normalized spacial score (nSPS) is 18.8. The maximum absolute atomic E-state index is 5.51. The minimum atomic E-state index is 0.491. The van der Waals surface area contributed by atoms with Gasteiger partial charge in [-0.05, 0) is 24.6 Å². The van der Waals surface area contributed by atoms with Gasteiger partial charge in [-0.2, -0.15) is 0 Å². The largest absolute Gasteiger partial charge is 0.357 e. The van der Waals surface area contributed by atoms with Gasteiger partial charge in [0.05, 0.1) is 0 Å². The number of amidine groups is 1. The molecule has 0 aromatic heterocycles. The second-order valence-corrected chi connectivity index (χ2v) is 1.99. The predicted octanol–water partition coefficient (Wildman–Crippen LogP) is 1.09. The second-order valence-electron chi connectivity index (χ2n) is 1.63. The van der Waals surface area contributed by atoms with Gasteiger partial charge in [-0.1, -0.05) is 0 Å². The predicted molar refractivity (Wildman–Crippen MR) is 35.0 cm³/mol. The molecule has 3 heteroatoms. The number of allylic oxidation sites excluding steroid dienone is 1. The third kappa shape index (κ3) is 1.23. The Balaban J connectivity index is 2.69. The Bertz CT molecular complexity index is 149. The van der Waals surface area contributed by atoms with Crippen molar-refractivity contribution in [2.75, 3.05) is 6.54 Å². The van der Waals surface area contributed by atoms with Gasteiger partial charge >= 0.3 is 0 Å². The molecule has 2 nitrogen and oxygen atoms in total. The highest BCUT2D eigenvalue weighted by molar-refractivity contribution is 6.64. The number of hydrogen-bond donors (Lipinski definition) is 1. The molecule has 0 radical (unpaired) electrons. The zero-order valence-electron chi connectivity index (χ0n) is 4.61. The molecule has 1 N–H and O–H groups in total. The molecule has 0 aromatic carbocycles. The van der Waals surface area contributed by atoms with Crippen molar-refractivity contribution < 1.29 is 0 Å². The van der Waals surface area contributed by atoms with E-state index in [1.54, 1.807) is 0 Å². The highest BCUT2D eigenvalue weighted by atomic mass is 35.5. The Kier molecular flexibility index (Phi) is 1.53. The van der Waals surface area contributed by atoms with Crippen LogP contribution in [0.25, 0.3) is 0 Å². The summed E-state index contributed by atoms with van der Waals surface area (Å²) in [6.07, 6.45) is 1.98. The molecule has 1 heterocycles. The fourth-order valence-corrected chi connectivity index (χ4v) is 0.733. The Hall–Kier alpha value is -0.500. The van der Waals surface area contributed by atoms with Crippen molar-refractivity contribution in [1.82, 2.24) is 5.32 Å². The summed E-state index contributed by atoms with van der Waals surface area (Å²) >= 11 is 5.51. The fourth-order valence-electron chi connectivity index (χ4n) is 0.523. The van der Waals surface area contributed by atoms with E-state index < -0.39 is 0 Å². The maximum atomic E-state index is 5.51. The molecule has 8 heavy (non-hydrogen) atoms. The number of rotatable bonds is 0. The molecule has 0 amide bonds. The lowest BCUT2D eigenvalue weighted by molar-refractivity contribution is 0.999. The number of halogens is 1. The first-order valence-corrected chi connectivity index (χ1v) is 2.81. The van der Waals surface area contributed by atoms with E-state index in [0.717, 1.165) is 12.2 Å². The highest BCUT2D eigenvalue weighted by Gasteiger charge is 1.96. The van der Waals surface area contributed by atoms with Gasteiger partial charge in [0.15, 0.2) is 5.29 Å². The molecule has 1 aliphatic heterocycles. The molecule has 0 saturated heterocycles. The Morgan fingerprint density at radius 3 is 3.00 bits per heavy atom. The summed E-state index contributed by atoms with van der Waals surface area (Å²) in [6.45, 7) is 2.72. The van der Waals surface area contributed by atoms with Crippen LogP contribution in [0.5, 0.6) is 0 Å². The fraction of sp³-hybridized carbons (Fsp3) is 0.400. The molecule has 44 valence electrons. The van der Waals surface area contributed by atoms with Gasteiger partial charge in [-0.15, -0.1) is 0 Å². The summed E-state index contributed by atoms with van der Waals surface area (Å²) in [6, 6.07) is 0. The summed E-state index contributed by atoms with van der Waals surface area (Å²) in [7, 11) is 0. The Labute approximate surface area is 53.3 Å². The molecule has 0 spiro atoms. The Morgan fingerprint density at radius 2 is 2.62 bits per heavy atom. The molecule has 0 bridgehead atoms. The summed E-state index contributed by atoms with van der Waals surface area (Å²) in [5, 5.41) is 3.34. The first kappa shape index (κ1) is 5.63. The first-order chi connectivity index (χ1) is 3.79. The topological polar surface area (TPSA) is 24.4 Å². The number of nitrogens with zero attached hydrogens (tertiary/aromatic N) is 1. The van der Waals surface area contributed by atoms with Crippen LogP contribution in [-0.4, -0.2) is 11.8 Å². The van der Waals surface area contributed by atoms with Crippen LogP contribution >= 0.6 is 11.6 Å². The van der Waals surface area contributed by atoms with Gasteiger partial charge in [-0.3, -0.25) is 0 Å². The van der Waals surface area contributed by atoms with Crippen LogP contribution in [0.15, 0.2) is 16.8 Å². The molecule has 0 unspecified atom stereocenters. The van der Waals surface area contributed by atoms with E-state index in [1.807, 2.05) is 13.0 Å². The van der Waals surface area contributed by atoms with Gasteiger partial charge in [0.2, 0.25) is 0 Å². The van der Waals surface area contributed by atoms with Crippen molar-refractivity contribution in [1.29, 1.82) is 0 Å². The molecule has 0 saturated carbocycles. The third-order valence-electron chi connectivity index (χ3n) is 0.920.